The van der Waals surface area contributed by atoms with Gasteiger partial charge >= 0.3 is 0 Å². The second-order valence-corrected chi connectivity index (χ2v) is 7.20. The Balaban J connectivity index is 1.69. The first kappa shape index (κ1) is 19.0. The molecule has 3 aromatic rings. The van der Waals surface area contributed by atoms with Gasteiger partial charge in [0.25, 0.3) is 11.8 Å². The Morgan fingerprint density at radius 2 is 1.86 bits per heavy atom. The minimum atomic E-state index is -0.211. The number of carbonyl (C=O) groups is 2. The van der Waals surface area contributed by atoms with Crippen LogP contribution in [0.15, 0.2) is 40.8 Å². The number of nitrogens with zero attached hydrogens (tertiary/aromatic N) is 3. The van der Waals surface area contributed by atoms with E-state index < -0.39 is 0 Å². The molecule has 1 aromatic carbocycles. The van der Waals surface area contributed by atoms with Crippen LogP contribution in [-0.4, -0.2) is 46.4 Å². The van der Waals surface area contributed by atoms with E-state index in [9.17, 15) is 9.59 Å². The van der Waals surface area contributed by atoms with Gasteiger partial charge in [-0.15, -0.1) is 0 Å². The van der Waals surface area contributed by atoms with E-state index in [0.29, 0.717) is 43.1 Å². The Morgan fingerprint density at radius 1 is 1.10 bits per heavy atom. The summed E-state index contributed by atoms with van der Waals surface area (Å²) < 4.78 is 7.60. The van der Waals surface area contributed by atoms with Gasteiger partial charge in [0.15, 0.2) is 0 Å². The van der Waals surface area contributed by atoms with Gasteiger partial charge in [-0.1, -0.05) is 30.3 Å². The molecule has 0 saturated heterocycles. The molecule has 0 unspecified atom stereocenters. The lowest BCUT2D eigenvalue weighted by molar-refractivity contribution is 0.0757. The Hall–Kier alpha value is -3.35. The van der Waals surface area contributed by atoms with Crippen molar-refractivity contribution in [2.45, 2.75) is 26.8 Å². The molecule has 2 amide bonds. The third-order valence-corrected chi connectivity index (χ3v) is 5.32. The van der Waals surface area contributed by atoms with Gasteiger partial charge < -0.3 is 19.2 Å². The number of hydrogen-bond acceptors (Lipinski definition) is 4. The topological polar surface area (TPSA) is 80.4 Å². The molecule has 0 fully saturated rings. The molecular weight excluding hydrogens is 368 g/mol. The number of hydrogen-bond donors (Lipinski definition) is 1. The highest BCUT2D eigenvalue weighted by Crippen LogP contribution is 2.26. The molecule has 150 valence electrons. The lowest BCUT2D eigenvalue weighted by Crippen LogP contribution is -2.34. The van der Waals surface area contributed by atoms with Gasteiger partial charge in [0.05, 0.1) is 11.3 Å². The van der Waals surface area contributed by atoms with E-state index in [2.05, 4.69) is 14.9 Å². The number of aryl methyl sites for hydroxylation is 2. The van der Waals surface area contributed by atoms with E-state index >= 15 is 0 Å². The molecular formula is C22H24N4O3. The van der Waals surface area contributed by atoms with Crippen LogP contribution in [0.2, 0.25) is 0 Å². The van der Waals surface area contributed by atoms with Gasteiger partial charge in [-0.2, -0.15) is 0 Å². The van der Waals surface area contributed by atoms with Gasteiger partial charge in [0, 0.05) is 38.7 Å². The van der Waals surface area contributed by atoms with Crippen LogP contribution >= 0.6 is 0 Å². The summed E-state index contributed by atoms with van der Waals surface area (Å²) in [6, 6.07) is 11.6. The number of imidazole rings is 1. The van der Waals surface area contributed by atoms with Crippen molar-refractivity contribution in [3.8, 4) is 11.4 Å². The number of rotatable bonds is 3. The molecule has 3 heterocycles. The summed E-state index contributed by atoms with van der Waals surface area (Å²) in [7, 11) is 1.60. The third-order valence-electron chi connectivity index (χ3n) is 5.32. The van der Waals surface area contributed by atoms with Crippen LogP contribution in [0.1, 0.15) is 38.1 Å². The van der Waals surface area contributed by atoms with Crippen LogP contribution in [0, 0.1) is 13.8 Å². The predicted molar refractivity (Wildman–Crippen MR) is 109 cm³/mol. The largest absolute Gasteiger partial charge is 0.466 e. The van der Waals surface area contributed by atoms with Gasteiger partial charge in [0.2, 0.25) is 0 Å². The second kappa shape index (κ2) is 7.58. The first-order valence-electron chi connectivity index (χ1n) is 9.72. The Kier molecular flexibility index (Phi) is 4.96. The highest BCUT2D eigenvalue weighted by atomic mass is 16.3. The fourth-order valence-electron chi connectivity index (χ4n) is 3.88. The molecule has 1 N–H and O–H groups in total. The SMILES string of the molecule is CNC(=O)c1nc(-c2ccccc2)n2c1CCN(C(=O)c1cc(C)oc1C)CC2. The van der Waals surface area contributed by atoms with E-state index in [1.807, 2.05) is 49.1 Å². The average molecular weight is 392 g/mol. The number of aromatic nitrogens is 2. The van der Waals surface area contributed by atoms with E-state index in [1.54, 1.807) is 13.1 Å². The van der Waals surface area contributed by atoms with Crippen molar-refractivity contribution in [1.82, 2.24) is 19.8 Å². The number of carbonyl (C=O) groups excluding carboxylic acids is 2. The third kappa shape index (κ3) is 3.44. The Bertz CT molecular complexity index is 1070. The summed E-state index contributed by atoms with van der Waals surface area (Å²) in [6.07, 6.45) is 0.560. The zero-order valence-corrected chi connectivity index (χ0v) is 16.9. The molecule has 0 spiro atoms. The van der Waals surface area contributed by atoms with Crippen LogP contribution < -0.4 is 5.32 Å². The van der Waals surface area contributed by atoms with E-state index in [0.717, 1.165) is 22.8 Å². The van der Waals surface area contributed by atoms with E-state index in [-0.39, 0.29) is 11.8 Å². The van der Waals surface area contributed by atoms with Gasteiger partial charge in [-0.25, -0.2) is 4.98 Å². The number of furan rings is 1. The molecule has 7 heteroatoms. The molecule has 1 aliphatic heterocycles. The lowest BCUT2D eigenvalue weighted by Gasteiger charge is -2.20. The van der Waals surface area contributed by atoms with Gasteiger partial charge in [-0.05, 0) is 19.9 Å². The summed E-state index contributed by atoms with van der Waals surface area (Å²) in [5, 5.41) is 2.68. The molecule has 29 heavy (non-hydrogen) atoms. The van der Waals surface area contributed by atoms with E-state index in [1.165, 1.54) is 0 Å². The van der Waals surface area contributed by atoms with Crippen molar-refractivity contribution in [1.29, 1.82) is 0 Å². The standard InChI is InChI=1S/C22H24N4O3/c1-14-13-17(15(2)29-14)22(28)25-10-9-18-19(21(27)23-3)24-20(26(18)12-11-25)16-7-5-4-6-8-16/h4-8,13H,9-12H2,1-3H3,(H,23,27). The molecule has 2 aromatic heterocycles. The summed E-state index contributed by atoms with van der Waals surface area (Å²) in [4.78, 5) is 32.0. The Labute approximate surface area is 169 Å². The molecule has 4 rings (SSSR count). The normalized spacial score (nSPS) is 13.7. The van der Waals surface area contributed by atoms with Crippen molar-refractivity contribution in [3.05, 3.63) is 64.9 Å². The summed E-state index contributed by atoms with van der Waals surface area (Å²) >= 11 is 0. The maximum atomic E-state index is 13.1. The fraction of sp³-hybridized carbons (Fsp3) is 0.318. The molecule has 1 aliphatic rings. The van der Waals surface area contributed by atoms with Gasteiger partial charge in [-0.3, -0.25) is 9.59 Å². The molecule has 7 nitrogen and oxygen atoms in total. The summed E-state index contributed by atoms with van der Waals surface area (Å²) in [6.45, 7) is 5.28. The highest BCUT2D eigenvalue weighted by Gasteiger charge is 2.28. The minimum absolute atomic E-state index is 0.0409. The van der Waals surface area contributed by atoms with Crippen LogP contribution in [0.5, 0.6) is 0 Å². The maximum absolute atomic E-state index is 13.1. The highest BCUT2D eigenvalue weighted by molar-refractivity contribution is 5.96. The maximum Gasteiger partial charge on any atom is 0.271 e. The molecule has 0 bridgehead atoms. The smallest absolute Gasteiger partial charge is 0.271 e. The van der Waals surface area contributed by atoms with Crippen molar-refractivity contribution in [2.24, 2.45) is 0 Å². The molecule has 0 radical (unpaired) electrons. The fourth-order valence-corrected chi connectivity index (χ4v) is 3.88. The molecule has 0 saturated carbocycles. The number of amides is 2. The van der Waals surface area contributed by atoms with Crippen molar-refractivity contribution < 1.29 is 14.0 Å². The van der Waals surface area contributed by atoms with Crippen LogP contribution in [0.25, 0.3) is 11.4 Å². The summed E-state index contributed by atoms with van der Waals surface area (Å²) in [5.74, 6) is 1.86. The van der Waals surface area contributed by atoms with Crippen LogP contribution in [0.4, 0.5) is 0 Å². The van der Waals surface area contributed by atoms with E-state index in [4.69, 9.17) is 4.42 Å². The molecule has 0 aliphatic carbocycles. The van der Waals surface area contributed by atoms with Crippen molar-refractivity contribution in [3.63, 3.8) is 0 Å². The Morgan fingerprint density at radius 3 is 2.52 bits per heavy atom. The van der Waals surface area contributed by atoms with Crippen molar-refractivity contribution >= 4 is 11.8 Å². The zero-order valence-electron chi connectivity index (χ0n) is 16.9. The lowest BCUT2D eigenvalue weighted by atomic mass is 10.2. The first-order chi connectivity index (χ1) is 14.0. The first-order valence-corrected chi connectivity index (χ1v) is 9.72. The number of nitrogens with one attached hydrogen (secondary N) is 1. The second-order valence-electron chi connectivity index (χ2n) is 7.20. The number of benzene rings is 1. The molecule has 0 atom stereocenters. The van der Waals surface area contributed by atoms with Crippen molar-refractivity contribution in [2.75, 3.05) is 20.1 Å². The quantitative estimate of drug-likeness (QED) is 0.743. The van der Waals surface area contributed by atoms with Crippen LogP contribution in [-0.2, 0) is 13.0 Å². The van der Waals surface area contributed by atoms with Gasteiger partial charge in [0.1, 0.15) is 23.0 Å². The summed E-state index contributed by atoms with van der Waals surface area (Å²) in [5.41, 5.74) is 2.83. The average Bonchev–Trinajstić information content (AvgIpc) is 3.18. The zero-order chi connectivity index (χ0) is 20.5. The minimum Gasteiger partial charge on any atom is -0.466 e. The van der Waals surface area contributed by atoms with Crippen LogP contribution in [0.3, 0.4) is 0 Å². The monoisotopic (exact) mass is 392 g/mol. The number of fused-ring (bicyclic) bond motifs is 1. The predicted octanol–water partition coefficient (Wildman–Crippen LogP) is 2.82.